The number of amides is 1. The minimum Gasteiger partial charge on any atom is -0.371 e. The lowest BCUT2D eigenvalue weighted by Gasteiger charge is -2.29. The van der Waals surface area contributed by atoms with Gasteiger partial charge in [0, 0.05) is 12.1 Å². The maximum Gasteiger partial charge on any atom is 0.243 e. The second-order valence-electron chi connectivity index (χ2n) is 5.14. The van der Waals surface area contributed by atoms with E-state index >= 15 is 0 Å². The van der Waals surface area contributed by atoms with Crippen molar-refractivity contribution in [3.05, 3.63) is 65.7 Å². The van der Waals surface area contributed by atoms with Gasteiger partial charge in [0.2, 0.25) is 5.91 Å². The van der Waals surface area contributed by atoms with Crippen molar-refractivity contribution in [1.29, 1.82) is 0 Å². The van der Waals surface area contributed by atoms with Gasteiger partial charge in [-0.3, -0.25) is 4.79 Å². The van der Waals surface area contributed by atoms with Gasteiger partial charge in [0.25, 0.3) is 0 Å². The number of anilines is 1. The number of rotatable bonds is 5. The highest BCUT2D eigenvalue weighted by atomic mass is 19.1. The SMILES string of the molecule is CC(Cc1cccc(F)c1)(Nc1cccc(F)c1)C(N)=O. The molecule has 0 spiro atoms. The molecule has 0 bridgehead atoms. The fourth-order valence-electron chi connectivity index (χ4n) is 2.13. The molecule has 0 aliphatic carbocycles. The standard InChI is InChI=1S/C16H16F2N2O/c1-16(15(19)21,10-11-4-2-5-12(17)8-11)20-14-7-3-6-13(18)9-14/h2-9,20H,10H2,1H3,(H2,19,21). The Kier molecular flexibility index (Phi) is 4.21. The summed E-state index contributed by atoms with van der Waals surface area (Å²) < 4.78 is 26.5. The number of hydrogen-bond donors (Lipinski definition) is 2. The largest absolute Gasteiger partial charge is 0.371 e. The predicted octanol–water partition coefficient (Wildman–Crippen LogP) is 2.86. The molecule has 0 aliphatic rings. The molecule has 0 fully saturated rings. The smallest absolute Gasteiger partial charge is 0.243 e. The van der Waals surface area contributed by atoms with Crippen molar-refractivity contribution in [1.82, 2.24) is 0 Å². The number of benzene rings is 2. The van der Waals surface area contributed by atoms with Crippen molar-refractivity contribution in [2.45, 2.75) is 18.9 Å². The van der Waals surface area contributed by atoms with Gasteiger partial charge in [0.15, 0.2) is 0 Å². The van der Waals surface area contributed by atoms with E-state index in [2.05, 4.69) is 5.32 Å². The Hall–Kier alpha value is -2.43. The molecule has 1 amide bonds. The summed E-state index contributed by atoms with van der Waals surface area (Å²) in [6.07, 6.45) is 0.191. The molecule has 0 aliphatic heterocycles. The molecule has 110 valence electrons. The Morgan fingerprint density at radius 2 is 1.76 bits per heavy atom. The van der Waals surface area contributed by atoms with Crippen LogP contribution in [0.3, 0.4) is 0 Å². The van der Waals surface area contributed by atoms with Crippen molar-refractivity contribution in [3.8, 4) is 0 Å². The lowest BCUT2D eigenvalue weighted by Crippen LogP contribution is -2.49. The van der Waals surface area contributed by atoms with Crippen LogP contribution in [-0.4, -0.2) is 11.4 Å². The number of nitrogens with two attached hydrogens (primary N) is 1. The van der Waals surface area contributed by atoms with Crippen LogP contribution in [0.25, 0.3) is 0 Å². The molecule has 2 aromatic rings. The average molecular weight is 290 g/mol. The number of carbonyl (C=O) groups excluding carboxylic acids is 1. The molecule has 5 heteroatoms. The van der Waals surface area contributed by atoms with Crippen LogP contribution in [0.4, 0.5) is 14.5 Å². The van der Waals surface area contributed by atoms with E-state index in [1.54, 1.807) is 25.1 Å². The molecule has 21 heavy (non-hydrogen) atoms. The average Bonchev–Trinajstić information content (AvgIpc) is 2.38. The molecule has 3 N–H and O–H groups in total. The van der Waals surface area contributed by atoms with Crippen LogP contribution < -0.4 is 11.1 Å². The van der Waals surface area contributed by atoms with Gasteiger partial charge in [-0.15, -0.1) is 0 Å². The Bertz CT molecular complexity index is 611. The molecule has 1 atom stereocenters. The van der Waals surface area contributed by atoms with Gasteiger partial charge >= 0.3 is 0 Å². The van der Waals surface area contributed by atoms with Gasteiger partial charge in [-0.05, 0) is 42.8 Å². The molecule has 0 radical (unpaired) electrons. The minimum absolute atomic E-state index is 0.191. The van der Waals surface area contributed by atoms with Crippen molar-refractivity contribution in [3.63, 3.8) is 0 Å². The highest BCUT2D eigenvalue weighted by Gasteiger charge is 2.31. The van der Waals surface area contributed by atoms with Crippen LogP contribution in [0.15, 0.2) is 48.5 Å². The molecule has 3 nitrogen and oxygen atoms in total. The second kappa shape index (κ2) is 5.91. The molecular formula is C16H16F2N2O. The van der Waals surface area contributed by atoms with E-state index < -0.39 is 17.3 Å². The van der Waals surface area contributed by atoms with Crippen molar-refractivity contribution < 1.29 is 13.6 Å². The van der Waals surface area contributed by atoms with E-state index in [1.165, 1.54) is 30.3 Å². The van der Waals surface area contributed by atoms with Gasteiger partial charge in [-0.25, -0.2) is 8.78 Å². The monoisotopic (exact) mass is 290 g/mol. The fraction of sp³-hybridized carbons (Fsp3) is 0.188. The summed E-state index contributed by atoms with van der Waals surface area (Å²) in [5.74, 6) is -1.40. The molecule has 0 aromatic heterocycles. The zero-order valence-electron chi connectivity index (χ0n) is 11.6. The normalized spacial score (nSPS) is 13.5. The summed E-state index contributed by atoms with van der Waals surface area (Å²) in [6, 6.07) is 11.7. The maximum absolute atomic E-state index is 13.2. The third-order valence-electron chi connectivity index (χ3n) is 3.24. The lowest BCUT2D eigenvalue weighted by molar-refractivity contribution is -0.121. The summed E-state index contributed by atoms with van der Waals surface area (Å²) in [5.41, 5.74) is 5.37. The Morgan fingerprint density at radius 3 is 2.33 bits per heavy atom. The zero-order chi connectivity index (χ0) is 15.5. The van der Waals surface area contributed by atoms with E-state index in [0.717, 1.165) is 0 Å². The van der Waals surface area contributed by atoms with E-state index in [4.69, 9.17) is 5.73 Å². The van der Waals surface area contributed by atoms with E-state index in [0.29, 0.717) is 11.3 Å². The van der Waals surface area contributed by atoms with Crippen LogP contribution >= 0.6 is 0 Å². The summed E-state index contributed by atoms with van der Waals surface area (Å²) in [4.78, 5) is 11.8. The Labute approximate surface area is 121 Å². The van der Waals surface area contributed by atoms with Gasteiger partial charge in [0.1, 0.15) is 17.2 Å². The molecular weight excluding hydrogens is 274 g/mol. The van der Waals surface area contributed by atoms with Crippen molar-refractivity contribution in [2.75, 3.05) is 5.32 Å². The first-order valence-corrected chi connectivity index (χ1v) is 6.47. The topological polar surface area (TPSA) is 55.1 Å². The number of nitrogens with one attached hydrogen (secondary N) is 1. The Morgan fingerprint density at radius 1 is 1.14 bits per heavy atom. The summed E-state index contributed by atoms with van der Waals surface area (Å²) in [6.45, 7) is 1.60. The number of carbonyl (C=O) groups is 1. The number of halogens is 2. The lowest BCUT2D eigenvalue weighted by atomic mass is 9.91. The number of hydrogen-bond acceptors (Lipinski definition) is 2. The number of primary amides is 1. The maximum atomic E-state index is 13.2. The van der Waals surface area contributed by atoms with Gasteiger partial charge in [-0.2, -0.15) is 0 Å². The van der Waals surface area contributed by atoms with E-state index in [9.17, 15) is 13.6 Å². The molecule has 0 heterocycles. The highest BCUT2D eigenvalue weighted by Crippen LogP contribution is 2.21. The quantitative estimate of drug-likeness (QED) is 0.889. The van der Waals surface area contributed by atoms with Crippen LogP contribution in [0.1, 0.15) is 12.5 Å². The first-order valence-electron chi connectivity index (χ1n) is 6.47. The fourth-order valence-corrected chi connectivity index (χ4v) is 2.13. The van der Waals surface area contributed by atoms with Gasteiger partial charge in [-0.1, -0.05) is 18.2 Å². The van der Waals surface area contributed by atoms with Crippen LogP contribution in [0.2, 0.25) is 0 Å². The van der Waals surface area contributed by atoms with Crippen LogP contribution in [0.5, 0.6) is 0 Å². The van der Waals surface area contributed by atoms with Crippen LogP contribution in [-0.2, 0) is 11.2 Å². The third kappa shape index (κ3) is 3.78. The first kappa shape index (κ1) is 15.0. The summed E-state index contributed by atoms with van der Waals surface area (Å²) >= 11 is 0. The molecule has 0 saturated carbocycles. The molecule has 2 aromatic carbocycles. The summed E-state index contributed by atoms with van der Waals surface area (Å²) in [7, 11) is 0. The molecule has 1 unspecified atom stereocenters. The highest BCUT2D eigenvalue weighted by molar-refractivity contribution is 5.87. The van der Waals surface area contributed by atoms with E-state index in [-0.39, 0.29) is 12.2 Å². The first-order chi connectivity index (χ1) is 9.89. The van der Waals surface area contributed by atoms with Gasteiger partial charge < -0.3 is 11.1 Å². The summed E-state index contributed by atoms with van der Waals surface area (Å²) in [5, 5.41) is 2.93. The predicted molar refractivity (Wildman–Crippen MR) is 77.7 cm³/mol. The second-order valence-corrected chi connectivity index (χ2v) is 5.14. The van der Waals surface area contributed by atoms with Crippen LogP contribution in [0, 0.1) is 11.6 Å². The van der Waals surface area contributed by atoms with Crippen molar-refractivity contribution >= 4 is 11.6 Å². The molecule has 2 rings (SSSR count). The van der Waals surface area contributed by atoms with Gasteiger partial charge in [0.05, 0.1) is 0 Å². The van der Waals surface area contributed by atoms with Crippen molar-refractivity contribution in [2.24, 2.45) is 5.73 Å². The minimum atomic E-state index is -1.15. The Balaban J connectivity index is 2.26. The third-order valence-corrected chi connectivity index (χ3v) is 3.24. The zero-order valence-corrected chi connectivity index (χ0v) is 11.6. The van der Waals surface area contributed by atoms with E-state index in [1.807, 2.05) is 0 Å². The molecule has 0 saturated heterocycles.